The van der Waals surface area contributed by atoms with Crippen LogP contribution in [0, 0.1) is 11.3 Å². The number of carbonyl (C=O) groups is 1. The van der Waals surface area contributed by atoms with E-state index in [2.05, 4.69) is 10.2 Å². The summed E-state index contributed by atoms with van der Waals surface area (Å²) in [6, 6.07) is 0.507. The molecule has 0 spiro atoms. The Kier molecular flexibility index (Phi) is 4.85. The molecule has 0 radical (unpaired) electrons. The van der Waals surface area contributed by atoms with E-state index in [0.29, 0.717) is 17.4 Å². The predicted octanol–water partition coefficient (Wildman–Crippen LogP) is 2.18. The Labute approximate surface area is 128 Å². The maximum Gasteiger partial charge on any atom is 0.222 e. The molecule has 3 rings (SSSR count). The van der Waals surface area contributed by atoms with Gasteiger partial charge < -0.3 is 15.0 Å². The normalized spacial score (nSPS) is 29.1. The van der Waals surface area contributed by atoms with Crippen LogP contribution in [0.5, 0.6) is 0 Å². The second-order valence-corrected chi connectivity index (χ2v) is 7.47. The van der Waals surface area contributed by atoms with Gasteiger partial charge in [0.05, 0.1) is 6.61 Å². The van der Waals surface area contributed by atoms with Gasteiger partial charge in [0.25, 0.3) is 0 Å². The quantitative estimate of drug-likeness (QED) is 0.782. The zero-order valence-electron chi connectivity index (χ0n) is 13.4. The number of nitrogens with zero attached hydrogens (tertiary/aromatic N) is 1. The summed E-state index contributed by atoms with van der Waals surface area (Å²) in [5.74, 6) is 1.18. The number of nitrogens with one attached hydrogen (secondary N) is 1. The number of methoxy groups -OCH3 is 1. The summed E-state index contributed by atoms with van der Waals surface area (Å²) >= 11 is 0. The average molecular weight is 294 g/mol. The fraction of sp³-hybridized carbons (Fsp3) is 0.941. The summed E-state index contributed by atoms with van der Waals surface area (Å²) in [7, 11) is 1.81. The third-order valence-electron chi connectivity index (χ3n) is 5.61. The second kappa shape index (κ2) is 6.66. The molecule has 3 aliphatic rings. The Morgan fingerprint density at radius 3 is 2.71 bits per heavy atom. The minimum Gasteiger partial charge on any atom is -0.384 e. The Bertz CT molecular complexity index is 364. The third kappa shape index (κ3) is 3.98. The Morgan fingerprint density at radius 1 is 1.29 bits per heavy atom. The zero-order valence-corrected chi connectivity index (χ0v) is 13.4. The number of hydrogen-bond acceptors (Lipinski definition) is 3. The van der Waals surface area contributed by atoms with Gasteiger partial charge in [-0.3, -0.25) is 4.79 Å². The molecule has 1 amide bonds. The fourth-order valence-corrected chi connectivity index (χ4v) is 3.76. The summed E-state index contributed by atoms with van der Waals surface area (Å²) in [5, 5.41) is 3.74. The van der Waals surface area contributed by atoms with Crippen molar-refractivity contribution in [3.63, 3.8) is 0 Å². The van der Waals surface area contributed by atoms with Gasteiger partial charge in [-0.15, -0.1) is 0 Å². The molecule has 1 atom stereocenters. The van der Waals surface area contributed by atoms with Gasteiger partial charge in [0, 0.05) is 44.6 Å². The lowest BCUT2D eigenvalue weighted by atomic mass is 9.69. The average Bonchev–Trinajstić information content (AvgIpc) is 3.25. The molecular formula is C17H30N2O2. The highest BCUT2D eigenvalue weighted by Crippen LogP contribution is 2.40. The maximum atomic E-state index is 12.2. The van der Waals surface area contributed by atoms with Crippen LogP contribution in [0.1, 0.15) is 51.4 Å². The molecule has 0 aromatic carbocycles. The molecule has 0 unspecified atom stereocenters. The monoisotopic (exact) mass is 294 g/mol. The molecule has 3 fully saturated rings. The van der Waals surface area contributed by atoms with Crippen LogP contribution in [0.25, 0.3) is 0 Å². The van der Waals surface area contributed by atoms with Gasteiger partial charge in [0.15, 0.2) is 0 Å². The Morgan fingerprint density at radius 2 is 2.10 bits per heavy atom. The first-order chi connectivity index (χ1) is 10.2. The molecule has 1 N–H and O–H groups in total. The van der Waals surface area contributed by atoms with Gasteiger partial charge in [0.2, 0.25) is 5.91 Å². The van der Waals surface area contributed by atoms with Gasteiger partial charge in [-0.1, -0.05) is 6.42 Å². The van der Waals surface area contributed by atoms with E-state index < -0.39 is 0 Å². The highest BCUT2D eigenvalue weighted by Gasteiger charge is 2.37. The smallest absolute Gasteiger partial charge is 0.222 e. The minimum absolute atomic E-state index is 0.374. The molecule has 2 saturated carbocycles. The highest BCUT2D eigenvalue weighted by atomic mass is 16.5. The van der Waals surface area contributed by atoms with Crippen LogP contribution < -0.4 is 5.32 Å². The molecule has 1 aliphatic heterocycles. The molecule has 1 heterocycles. The highest BCUT2D eigenvalue weighted by molar-refractivity contribution is 5.76. The zero-order chi connectivity index (χ0) is 14.7. The SMILES string of the molecule is COCC1(CN[C@@H]2CCC(=O)N(CC3CC3)CC2)CCC1. The van der Waals surface area contributed by atoms with E-state index in [9.17, 15) is 4.79 Å². The van der Waals surface area contributed by atoms with Crippen LogP contribution in [0.15, 0.2) is 0 Å². The van der Waals surface area contributed by atoms with E-state index in [1.807, 2.05) is 0 Å². The number of likely N-dealkylation sites (tertiary alicyclic amines) is 1. The molecule has 0 aromatic heterocycles. The van der Waals surface area contributed by atoms with E-state index in [-0.39, 0.29) is 0 Å². The van der Waals surface area contributed by atoms with Gasteiger partial charge in [0.1, 0.15) is 0 Å². The van der Waals surface area contributed by atoms with Crippen molar-refractivity contribution < 1.29 is 9.53 Å². The summed E-state index contributed by atoms with van der Waals surface area (Å²) < 4.78 is 5.40. The van der Waals surface area contributed by atoms with E-state index in [1.54, 1.807) is 7.11 Å². The molecule has 1 saturated heterocycles. The van der Waals surface area contributed by atoms with Crippen LogP contribution in [0.2, 0.25) is 0 Å². The largest absolute Gasteiger partial charge is 0.384 e. The van der Waals surface area contributed by atoms with Crippen LogP contribution >= 0.6 is 0 Å². The van der Waals surface area contributed by atoms with Crippen molar-refractivity contribution in [2.45, 2.75) is 57.4 Å². The molecule has 2 aliphatic carbocycles. The van der Waals surface area contributed by atoms with Crippen molar-refractivity contribution in [1.82, 2.24) is 10.2 Å². The molecular weight excluding hydrogens is 264 g/mol. The topological polar surface area (TPSA) is 41.6 Å². The number of amides is 1. The van der Waals surface area contributed by atoms with Crippen molar-refractivity contribution in [2.24, 2.45) is 11.3 Å². The fourth-order valence-electron chi connectivity index (χ4n) is 3.76. The van der Waals surface area contributed by atoms with E-state index in [0.717, 1.165) is 51.4 Å². The number of carbonyl (C=O) groups excluding carboxylic acids is 1. The first-order valence-corrected chi connectivity index (χ1v) is 8.71. The number of ether oxygens (including phenoxy) is 1. The summed E-state index contributed by atoms with van der Waals surface area (Å²) in [6.45, 7) is 3.89. The molecule has 4 heteroatoms. The summed E-state index contributed by atoms with van der Waals surface area (Å²) in [5.41, 5.74) is 0.374. The first-order valence-electron chi connectivity index (χ1n) is 8.71. The Hall–Kier alpha value is -0.610. The summed E-state index contributed by atoms with van der Waals surface area (Å²) in [6.07, 6.45) is 9.40. The van der Waals surface area contributed by atoms with Gasteiger partial charge >= 0.3 is 0 Å². The minimum atomic E-state index is 0.374. The maximum absolute atomic E-state index is 12.2. The van der Waals surface area contributed by atoms with Crippen LogP contribution in [-0.2, 0) is 9.53 Å². The first kappa shape index (κ1) is 15.3. The molecule has 4 nitrogen and oxygen atoms in total. The van der Waals surface area contributed by atoms with Crippen molar-refractivity contribution in [3.05, 3.63) is 0 Å². The number of hydrogen-bond donors (Lipinski definition) is 1. The summed E-state index contributed by atoms with van der Waals surface area (Å²) in [4.78, 5) is 14.3. The Balaban J connectivity index is 1.44. The molecule has 0 bridgehead atoms. The van der Waals surface area contributed by atoms with Gasteiger partial charge in [-0.2, -0.15) is 0 Å². The lowest BCUT2D eigenvalue weighted by Gasteiger charge is -2.42. The van der Waals surface area contributed by atoms with E-state index in [1.165, 1.54) is 32.1 Å². The standard InChI is InChI=1S/C17H30N2O2/c1-21-13-17(8-2-9-17)12-18-15-5-6-16(20)19(10-7-15)11-14-3-4-14/h14-15,18H,2-13H2,1H3/t15-/m1/s1. The molecule has 21 heavy (non-hydrogen) atoms. The molecule has 0 aromatic rings. The van der Waals surface area contributed by atoms with E-state index in [4.69, 9.17) is 4.74 Å². The van der Waals surface area contributed by atoms with Crippen molar-refractivity contribution in [2.75, 3.05) is 33.4 Å². The lowest BCUT2D eigenvalue weighted by molar-refractivity contribution is -0.130. The second-order valence-electron chi connectivity index (χ2n) is 7.47. The third-order valence-corrected chi connectivity index (χ3v) is 5.61. The van der Waals surface area contributed by atoms with E-state index >= 15 is 0 Å². The van der Waals surface area contributed by atoms with Gasteiger partial charge in [-0.05, 0) is 44.4 Å². The predicted molar refractivity (Wildman–Crippen MR) is 83.1 cm³/mol. The van der Waals surface area contributed by atoms with Crippen LogP contribution in [0.3, 0.4) is 0 Å². The molecule has 120 valence electrons. The van der Waals surface area contributed by atoms with Gasteiger partial charge in [-0.25, -0.2) is 0 Å². The lowest BCUT2D eigenvalue weighted by Crippen LogP contribution is -2.46. The van der Waals surface area contributed by atoms with Crippen LogP contribution in [0.4, 0.5) is 0 Å². The van der Waals surface area contributed by atoms with Crippen molar-refractivity contribution in [3.8, 4) is 0 Å². The number of rotatable bonds is 7. The van der Waals surface area contributed by atoms with Crippen molar-refractivity contribution >= 4 is 5.91 Å². The van der Waals surface area contributed by atoms with Crippen molar-refractivity contribution in [1.29, 1.82) is 0 Å². The van der Waals surface area contributed by atoms with Crippen LogP contribution in [-0.4, -0.2) is 50.2 Å².